The Morgan fingerprint density at radius 1 is 0.563 bits per heavy atom. The summed E-state index contributed by atoms with van der Waals surface area (Å²) in [6, 6.07) is 48.8. The molecule has 3 heterocycles. The van der Waals surface area contributed by atoms with Gasteiger partial charge in [0.15, 0.2) is 0 Å². The number of hydrogen-bond donors (Lipinski definition) is 0. The molecule has 5 heteroatoms. The highest BCUT2D eigenvalue weighted by molar-refractivity contribution is 6.11. The van der Waals surface area contributed by atoms with E-state index < -0.39 is 0 Å². The second-order valence-corrected chi connectivity index (χ2v) is 22.5. The zero-order chi connectivity index (χ0) is 52.4. The molecule has 10 rings (SSSR count). The van der Waals surface area contributed by atoms with Crippen molar-refractivity contribution in [2.24, 2.45) is 0 Å². The number of pyridine rings is 1. The Morgan fingerprint density at radius 3 is 1.89 bits per heavy atom. The lowest BCUT2D eigenvalue weighted by Crippen LogP contribution is -2.25. The minimum absolute atomic E-state index is 0.0333. The Balaban J connectivity index is 1.10. The van der Waals surface area contributed by atoms with E-state index in [0.717, 1.165) is 93.3 Å². The second kappa shape index (κ2) is 18.6. The van der Waals surface area contributed by atoms with Crippen molar-refractivity contribution in [2.75, 3.05) is 16.5 Å². The lowest BCUT2D eigenvalue weighted by molar-refractivity contribution is 0.483. The average Bonchev–Trinajstić information content (AvgIpc) is 3.93. The van der Waals surface area contributed by atoms with Crippen molar-refractivity contribution < 1.29 is 8.85 Å². The maximum Gasteiger partial charge on any atom is 0.137 e. The van der Waals surface area contributed by atoms with E-state index in [4.69, 9.17) is 9.72 Å². The molecule has 360 valence electrons. The van der Waals surface area contributed by atoms with Gasteiger partial charge in [-0.25, -0.2) is 4.98 Å². The number of benzene rings is 7. The topological polar surface area (TPSA) is 33.5 Å². The van der Waals surface area contributed by atoms with Crippen LogP contribution in [0.2, 0.25) is 0 Å². The van der Waals surface area contributed by atoms with Crippen molar-refractivity contribution in [1.82, 2.24) is 9.55 Å². The second-order valence-electron chi connectivity index (χ2n) is 22.5. The molecule has 0 saturated carbocycles. The summed E-state index contributed by atoms with van der Waals surface area (Å²) in [6.45, 7) is 25.0. The summed E-state index contributed by atoms with van der Waals surface area (Å²) in [5, 5.41) is 2.49. The number of ether oxygens (including phenoxy) is 1. The van der Waals surface area contributed by atoms with Crippen molar-refractivity contribution in [2.45, 2.75) is 118 Å². The third-order valence-corrected chi connectivity index (χ3v) is 14.2. The quantitative estimate of drug-likeness (QED) is 0.129. The zero-order valence-electron chi connectivity index (χ0n) is 46.6. The van der Waals surface area contributed by atoms with E-state index >= 15 is 0 Å². The maximum atomic E-state index is 9.79. The van der Waals surface area contributed by atoms with Crippen molar-refractivity contribution in [3.8, 4) is 39.6 Å². The number of hydrogen-bond acceptors (Lipinski definition) is 4. The van der Waals surface area contributed by atoms with E-state index in [1.165, 1.54) is 27.5 Å². The Kier molecular flexibility index (Phi) is 11.5. The molecule has 71 heavy (non-hydrogen) atoms. The van der Waals surface area contributed by atoms with Gasteiger partial charge in [-0.1, -0.05) is 180 Å². The largest absolute Gasteiger partial charge is 0.457 e. The first-order valence-corrected chi connectivity index (χ1v) is 25.6. The number of para-hydroxylation sites is 3. The summed E-state index contributed by atoms with van der Waals surface area (Å²) in [4.78, 5) is 9.55. The van der Waals surface area contributed by atoms with Crippen LogP contribution in [0.3, 0.4) is 0 Å². The van der Waals surface area contributed by atoms with Crippen molar-refractivity contribution >= 4 is 44.6 Å². The molecule has 2 aromatic heterocycles. The molecule has 0 aliphatic carbocycles. The molecule has 0 saturated heterocycles. The summed E-state index contributed by atoms with van der Waals surface area (Å²) < 4.78 is 38.0. The van der Waals surface area contributed by atoms with Crippen LogP contribution < -0.4 is 14.5 Å². The normalized spacial score (nSPS) is 13.7. The van der Waals surface area contributed by atoms with Gasteiger partial charge in [-0.2, -0.15) is 0 Å². The molecule has 1 aliphatic heterocycles. The highest BCUT2D eigenvalue weighted by Gasteiger charge is 2.32. The van der Waals surface area contributed by atoms with Crippen LogP contribution in [-0.2, 0) is 29.1 Å². The average molecular weight is 938 g/mol. The van der Waals surface area contributed by atoms with Gasteiger partial charge in [-0.05, 0) is 123 Å². The molecular weight excluding hydrogens is 865 g/mol. The number of aromatic nitrogens is 2. The van der Waals surface area contributed by atoms with E-state index in [-0.39, 0.29) is 34.4 Å². The van der Waals surface area contributed by atoms with Crippen LogP contribution in [0.4, 0.5) is 22.7 Å². The van der Waals surface area contributed by atoms with E-state index in [0.29, 0.717) is 23.5 Å². The fourth-order valence-corrected chi connectivity index (χ4v) is 10.4. The monoisotopic (exact) mass is 938 g/mol. The van der Waals surface area contributed by atoms with Gasteiger partial charge < -0.3 is 14.5 Å². The SMILES string of the molecule is [2H]c1c([2H])c(-c2ccccc2)c(N2CN(c3cccc(Oc4ccc5c6c(CCC)c(CCC)ccc6n(-c6cc(C(C)(C)C)ccn6)c5c4)c3)c3ccccc32)c(-c2cc(C(C)(C)C)cc(C(C)(C)C)c2)c1[2H]. The van der Waals surface area contributed by atoms with Crippen LogP contribution in [-0.4, -0.2) is 16.2 Å². The van der Waals surface area contributed by atoms with Crippen LogP contribution in [0.25, 0.3) is 49.9 Å². The number of nitrogens with zero attached hydrogens (tertiary/aromatic N) is 4. The molecular formula is C66H70N4O. The molecule has 0 unspecified atom stereocenters. The van der Waals surface area contributed by atoms with Gasteiger partial charge in [-0.15, -0.1) is 0 Å². The van der Waals surface area contributed by atoms with Crippen molar-refractivity contribution in [3.63, 3.8) is 0 Å². The van der Waals surface area contributed by atoms with Crippen LogP contribution in [0, 0.1) is 0 Å². The Hall–Kier alpha value is -7.11. The van der Waals surface area contributed by atoms with Gasteiger partial charge in [0.2, 0.25) is 0 Å². The van der Waals surface area contributed by atoms with E-state index in [1.807, 2.05) is 48.7 Å². The molecule has 0 N–H and O–H groups in total. The predicted molar refractivity (Wildman–Crippen MR) is 302 cm³/mol. The molecule has 1 aliphatic rings. The van der Waals surface area contributed by atoms with Crippen LogP contribution in [0.5, 0.6) is 11.5 Å². The fourth-order valence-electron chi connectivity index (χ4n) is 10.4. The Morgan fingerprint density at radius 2 is 1.21 bits per heavy atom. The molecule has 0 atom stereocenters. The third kappa shape index (κ3) is 9.12. The molecule has 9 aromatic rings. The molecule has 0 spiro atoms. The number of rotatable bonds is 11. The number of anilines is 4. The molecule has 0 amide bonds. The standard InChI is InChI=1S/C66H70N4O/c1-12-21-44-31-34-59-62(53(44)22-13-2)56-33-32-52(42-60(56)70(59)61-40-47(35-36-67-61)64(3,4)5)71-51-26-19-25-50(41-51)68-43-69(58-30-18-17-29-57(58)68)63-54(45-23-15-14-16-24-45)27-20-28-55(63)46-37-48(65(6,7)8)39-49(38-46)66(9,10)11/h14-20,23-42H,12-13,21-22,43H2,1-11H3/i20D,27D,28D. The van der Waals surface area contributed by atoms with Gasteiger partial charge in [0.25, 0.3) is 0 Å². The van der Waals surface area contributed by atoms with Crippen molar-refractivity contribution in [1.29, 1.82) is 0 Å². The fraction of sp³-hybridized carbons (Fsp3) is 0.288. The first kappa shape index (κ1) is 43.9. The van der Waals surface area contributed by atoms with Gasteiger partial charge >= 0.3 is 0 Å². The molecule has 0 bridgehead atoms. The smallest absolute Gasteiger partial charge is 0.137 e. The lowest BCUT2D eigenvalue weighted by atomic mass is 9.78. The predicted octanol–water partition coefficient (Wildman–Crippen LogP) is 18.3. The summed E-state index contributed by atoms with van der Waals surface area (Å²) >= 11 is 0. The first-order valence-electron chi connectivity index (χ1n) is 27.1. The molecule has 7 aromatic carbocycles. The maximum absolute atomic E-state index is 9.79. The summed E-state index contributed by atoms with van der Waals surface area (Å²) in [6.07, 6.45) is 6.13. The zero-order valence-corrected chi connectivity index (χ0v) is 43.6. The van der Waals surface area contributed by atoms with E-state index in [1.54, 1.807) is 0 Å². The lowest BCUT2D eigenvalue weighted by Gasteiger charge is -2.29. The summed E-state index contributed by atoms with van der Waals surface area (Å²) in [7, 11) is 0. The molecule has 0 fully saturated rings. The van der Waals surface area contributed by atoms with E-state index in [2.05, 4.69) is 188 Å². The molecule has 5 nitrogen and oxygen atoms in total. The van der Waals surface area contributed by atoms with Crippen LogP contribution >= 0.6 is 0 Å². The van der Waals surface area contributed by atoms with Crippen molar-refractivity contribution in [3.05, 3.63) is 192 Å². The first-order chi connectivity index (χ1) is 35.3. The summed E-state index contributed by atoms with van der Waals surface area (Å²) in [5.74, 6) is 2.32. The van der Waals surface area contributed by atoms with Gasteiger partial charge in [0.1, 0.15) is 24.0 Å². The number of aryl methyl sites for hydroxylation is 2. The van der Waals surface area contributed by atoms with Gasteiger partial charge in [0.05, 0.1) is 32.2 Å². The molecule has 0 radical (unpaired) electrons. The Labute approximate surface area is 427 Å². The van der Waals surface area contributed by atoms with Gasteiger partial charge in [0, 0.05) is 45.9 Å². The Bertz CT molecular complexity index is 3560. The van der Waals surface area contributed by atoms with E-state index in [9.17, 15) is 4.11 Å². The third-order valence-electron chi connectivity index (χ3n) is 14.2. The van der Waals surface area contributed by atoms with Crippen LogP contribution in [0.15, 0.2) is 164 Å². The minimum atomic E-state index is -0.181. The van der Waals surface area contributed by atoms with Crippen LogP contribution in [0.1, 0.15) is 121 Å². The number of fused-ring (bicyclic) bond motifs is 4. The summed E-state index contributed by atoms with van der Waals surface area (Å²) in [5.41, 5.74) is 14.8. The van der Waals surface area contributed by atoms with Gasteiger partial charge in [-0.3, -0.25) is 4.57 Å². The minimum Gasteiger partial charge on any atom is -0.457 e. The highest BCUT2D eigenvalue weighted by atomic mass is 16.5. The highest BCUT2D eigenvalue weighted by Crippen LogP contribution is 2.51.